The molecule has 0 bridgehead atoms. The highest BCUT2D eigenvalue weighted by Gasteiger charge is 2.41. The Morgan fingerprint density at radius 3 is 2.57 bits per heavy atom. The van der Waals surface area contributed by atoms with Crippen LogP contribution in [0.3, 0.4) is 0 Å². The second kappa shape index (κ2) is 6.53. The predicted octanol–water partition coefficient (Wildman–Crippen LogP) is 1.60. The first-order valence-corrected chi connectivity index (χ1v) is 8.45. The Hall–Kier alpha value is -0.810. The third kappa shape index (κ3) is 4.10. The van der Waals surface area contributed by atoms with E-state index < -0.39 is 6.10 Å². The molecule has 0 spiro atoms. The number of carbonyl (C=O) groups is 1. The summed E-state index contributed by atoms with van der Waals surface area (Å²) in [6.45, 7) is 4.35. The molecule has 3 aliphatic rings. The molecule has 0 aromatic heterocycles. The molecule has 5 nitrogen and oxygen atoms in total. The van der Waals surface area contributed by atoms with E-state index in [-0.39, 0.29) is 12.1 Å². The fourth-order valence-corrected chi connectivity index (χ4v) is 3.58. The normalized spacial score (nSPS) is 27.8. The number of amides is 2. The van der Waals surface area contributed by atoms with Crippen molar-refractivity contribution in [1.82, 2.24) is 10.2 Å². The highest BCUT2D eigenvalue weighted by atomic mass is 16.5. The average Bonchev–Trinajstić information content (AvgIpc) is 3.32. The van der Waals surface area contributed by atoms with Crippen molar-refractivity contribution in [3.05, 3.63) is 0 Å². The van der Waals surface area contributed by atoms with Gasteiger partial charge in [0.1, 0.15) is 0 Å². The average molecular weight is 296 g/mol. The van der Waals surface area contributed by atoms with Crippen LogP contribution in [-0.2, 0) is 4.74 Å². The van der Waals surface area contributed by atoms with Crippen LogP contribution in [0.1, 0.15) is 39.0 Å². The molecule has 2 N–H and O–H groups in total. The molecule has 0 radical (unpaired) electrons. The van der Waals surface area contributed by atoms with Crippen molar-refractivity contribution in [1.29, 1.82) is 0 Å². The number of rotatable bonds is 6. The number of nitrogens with one attached hydrogen (secondary N) is 1. The van der Waals surface area contributed by atoms with E-state index in [0.29, 0.717) is 32.1 Å². The number of aliphatic hydroxyl groups excluding tert-OH is 1. The number of urea groups is 1. The van der Waals surface area contributed by atoms with E-state index >= 15 is 0 Å². The van der Waals surface area contributed by atoms with Crippen LogP contribution >= 0.6 is 0 Å². The molecule has 0 unspecified atom stereocenters. The van der Waals surface area contributed by atoms with Gasteiger partial charge in [-0.25, -0.2) is 4.79 Å². The van der Waals surface area contributed by atoms with E-state index in [1.807, 2.05) is 4.90 Å². The highest BCUT2D eigenvalue weighted by Crippen LogP contribution is 2.48. The molecule has 2 aliphatic carbocycles. The lowest BCUT2D eigenvalue weighted by Gasteiger charge is -2.36. The van der Waals surface area contributed by atoms with Crippen LogP contribution in [0, 0.1) is 17.8 Å². The third-order valence-corrected chi connectivity index (χ3v) is 5.05. The topological polar surface area (TPSA) is 61.8 Å². The van der Waals surface area contributed by atoms with Gasteiger partial charge in [0.2, 0.25) is 0 Å². The minimum Gasteiger partial charge on any atom is -0.393 e. The summed E-state index contributed by atoms with van der Waals surface area (Å²) in [5, 5.41) is 12.7. The molecule has 5 heteroatoms. The van der Waals surface area contributed by atoms with Crippen molar-refractivity contribution in [3.63, 3.8) is 0 Å². The quantitative estimate of drug-likeness (QED) is 0.782. The first kappa shape index (κ1) is 15.1. The van der Waals surface area contributed by atoms with Crippen molar-refractivity contribution in [2.24, 2.45) is 17.8 Å². The van der Waals surface area contributed by atoms with Gasteiger partial charge in [-0.3, -0.25) is 0 Å². The van der Waals surface area contributed by atoms with Gasteiger partial charge in [-0.2, -0.15) is 0 Å². The summed E-state index contributed by atoms with van der Waals surface area (Å²) in [7, 11) is 0. The molecule has 0 aromatic rings. The van der Waals surface area contributed by atoms with Crippen LogP contribution < -0.4 is 5.32 Å². The summed E-state index contributed by atoms with van der Waals surface area (Å²) in [4.78, 5) is 14.3. The maximum atomic E-state index is 12.5. The first-order valence-electron chi connectivity index (χ1n) is 8.45. The molecule has 3 fully saturated rings. The lowest BCUT2D eigenvalue weighted by Crippen LogP contribution is -2.54. The van der Waals surface area contributed by atoms with Gasteiger partial charge in [-0.05, 0) is 56.8 Å². The van der Waals surface area contributed by atoms with Crippen molar-refractivity contribution in [2.75, 3.05) is 26.3 Å². The van der Waals surface area contributed by atoms with E-state index in [1.165, 1.54) is 25.7 Å². The summed E-state index contributed by atoms with van der Waals surface area (Å²) >= 11 is 0. The molecule has 0 aromatic carbocycles. The number of ether oxygens (including phenoxy) is 1. The van der Waals surface area contributed by atoms with Gasteiger partial charge >= 0.3 is 6.03 Å². The van der Waals surface area contributed by atoms with E-state index in [2.05, 4.69) is 5.32 Å². The molecule has 3 rings (SSSR count). The highest BCUT2D eigenvalue weighted by molar-refractivity contribution is 5.74. The standard InChI is InChI=1S/C16H28N2O3/c1-11(19)8-14-10-21-7-6-18(14)16(20)17-9-15(12-2-3-12)13-4-5-13/h11-15,19H,2-10H2,1H3,(H,17,20)/t11-,14-/m0/s1. The predicted molar refractivity (Wildman–Crippen MR) is 79.9 cm³/mol. The van der Waals surface area contributed by atoms with Crippen molar-refractivity contribution in [3.8, 4) is 0 Å². The van der Waals surface area contributed by atoms with Gasteiger partial charge in [0.25, 0.3) is 0 Å². The summed E-state index contributed by atoms with van der Waals surface area (Å²) in [6.07, 6.45) is 5.57. The smallest absolute Gasteiger partial charge is 0.317 e. The number of carbonyl (C=O) groups excluding carboxylic acids is 1. The monoisotopic (exact) mass is 296 g/mol. The van der Waals surface area contributed by atoms with Crippen LogP contribution in [0.4, 0.5) is 4.79 Å². The molecule has 1 aliphatic heterocycles. The maximum absolute atomic E-state index is 12.5. The minimum absolute atomic E-state index is 0.000880. The number of nitrogens with zero attached hydrogens (tertiary/aromatic N) is 1. The first-order chi connectivity index (χ1) is 10.1. The van der Waals surface area contributed by atoms with Gasteiger partial charge in [0.15, 0.2) is 0 Å². The molecule has 120 valence electrons. The maximum Gasteiger partial charge on any atom is 0.317 e. The Morgan fingerprint density at radius 2 is 2.00 bits per heavy atom. The summed E-state index contributed by atoms with van der Waals surface area (Å²) in [5.74, 6) is 2.41. The van der Waals surface area contributed by atoms with E-state index in [9.17, 15) is 9.90 Å². The summed E-state index contributed by atoms with van der Waals surface area (Å²) in [6, 6.07) is 0.0225. The minimum atomic E-state index is -0.405. The molecule has 2 saturated carbocycles. The zero-order valence-corrected chi connectivity index (χ0v) is 13.0. The van der Waals surface area contributed by atoms with Crippen LogP contribution in [0.15, 0.2) is 0 Å². The summed E-state index contributed by atoms with van der Waals surface area (Å²) in [5.41, 5.74) is 0. The van der Waals surface area contributed by atoms with Crippen LogP contribution in [0.5, 0.6) is 0 Å². The van der Waals surface area contributed by atoms with Crippen LogP contribution in [0.25, 0.3) is 0 Å². The van der Waals surface area contributed by atoms with Crippen LogP contribution in [0.2, 0.25) is 0 Å². The van der Waals surface area contributed by atoms with Crippen molar-refractivity contribution in [2.45, 2.75) is 51.2 Å². The van der Waals surface area contributed by atoms with E-state index in [0.717, 1.165) is 18.4 Å². The fourth-order valence-electron chi connectivity index (χ4n) is 3.58. The lowest BCUT2D eigenvalue weighted by atomic mass is 9.98. The fraction of sp³-hybridized carbons (Fsp3) is 0.938. The van der Waals surface area contributed by atoms with Crippen molar-refractivity contribution >= 4 is 6.03 Å². The van der Waals surface area contributed by atoms with Gasteiger partial charge in [-0.15, -0.1) is 0 Å². The third-order valence-electron chi connectivity index (χ3n) is 5.05. The second-order valence-electron chi connectivity index (χ2n) is 7.03. The van der Waals surface area contributed by atoms with E-state index in [1.54, 1.807) is 6.92 Å². The zero-order chi connectivity index (χ0) is 14.8. The lowest BCUT2D eigenvalue weighted by molar-refractivity contribution is -0.00452. The molecule has 21 heavy (non-hydrogen) atoms. The van der Waals surface area contributed by atoms with Gasteiger partial charge in [-0.1, -0.05) is 0 Å². The Labute approximate surface area is 127 Å². The van der Waals surface area contributed by atoms with Crippen molar-refractivity contribution < 1.29 is 14.6 Å². The molecule has 1 heterocycles. The molecular weight excluding hydrogens is 268 g/mol. The number of hydrogen-bond donors (Lipinski definition) is 2. The van der Waals surface area contributed by atoms with Gasteiger partial charge < -0.3 is 20.1 Å². The van der Waals surface area contributed by atoms with Gasteiger partial charge in [0.05, 0.1) is 25.4 Å². The molecular formula is C16H28N2O3. The second-order valence-corrected chi connectivity index (χ2v) is 7.03. The number of morpholine rings is 1. The zero-order valence-electron chi connectivity index (χ0n) is 13.0. The molecule has 2 atom stereocenters. The Morgan fingerprint density at radius 1 is 1.33 bits per heavy atom. The van der Waals surface area contributed by atoms with Gasteiger partial charge in [0, 0.05) is 13.1 Å². The number of aliphatic hydroxyl groups is 1. The Bertz CT molecular complexity index is 355. The number of hydrogen-bond acceptors (Lipinski definition) is 3. The van der Waals surface area contributed by atoms with E-state index in [4.69, 9.17) is 4.74 Å². The largest absolute Gasteiger partial charge is 0.393 e. The summed E-state index contributed by atoms with van der Waals surface area (Å²) < 4.78 is 5.45. The van der Waals surface area contributed by atoms with Crippen LogP contribution in [-0.4, -0.2) is 54.5 Å². The Kier molecular flexibility index (Phi) is 4.69. The molecule has 1 saturated heterocycles. The Balaban J connectivity index is 1.50. The SMILES string of the molecule is C[C@H](O)C[C@H]1COCCN1C(=O)NCC(C1CC1)C1CC1. The molecule has 2 amide bonds.